The molecule has 122 valence electrons. The fourth-order valence-electron chi connectivity index (χ4n) is 3.07. The molecule has 3 aromatic rings. The molecule has 1 heterocycles. The number of aryl methyl sites for hydroxylation is 1. The quantitative estimate of drug-likeness (QED) is 0.690. The molecule has 0 fully saturated rings. The van der Waals surface area contributed by atoms with Crippen LogP contribution in [-0.2, 0) is 6.54 Å². The van der Waals surface area contributed by atoms with Crippen LogP contribution in [0.25, 0.3) is 22.2 Å². The largest absolute Gasteiger partial charge is 0.497 e. The van der Waals surface area contributed by atoms with Gasteiger partial charge in [-0.05, 0) is 48.4 Å². The number of rotatable bonds is 5. The van der Waals surface area contributed by atoms with Crippen molar-refractivity contribution in [1.29, 1.82) is 5.26 Å². The van der Waals surface area contributed by atoms with E-state index in [2.05, 4.69) is 17.6 Å². The number of nitriles is 1. The van der Waals surface area contributed by atoms with Crippen molar-refractivity contribution in [2.75, 3.05) is 14.2 Å². The lowest BCUT2D eigenvalue weighted by atomic mass is 10.1. The second-order valence-electron chi connectivity index (χ2n) is 5.60. The maximum absolute atomic E-state index is 9.77. The molecule has 0 unspecified atom stereocenters. The van der Waals surface area contributed by atoms with E-state index in [1.165, 1.54) is 0 Å². The summed E-state index contributed by atoms with van der Waals surface area (Å²) in [5, 5.41) is 10.7. The van der Waals surface area contributed by atoms with E-state index in [-0.39, 0.29) is 0 Å². The van der Waals surface area contributed by atoms with Gasteiger partial charge in [-0.25, -0.2) is 0 Å². The van der Waals surface area contributed by atoms with Crippen LogP contribution >= 0.6 is 0 Å². The van der Waals surface area contributed by atoms with Crippen LogP contribution < -0.4 is 9.47 Å². The molecule has 0 atom stereocenters. The lowest BCUT2D eigenvalue weighted by molar-refractivity contribution is 0.415. The molecule has 3 rings (SSSR count). The highest BCUT2D eigenvalue weighted by Crippen LogP contribution is 2.36. The maximum Gasteiger partial charge on any atom is 0.120 e. The van der Waals surface area contributed by atoms with Gasteiger partial charge in [0.15, 0.2) is 0 Å². The fourth-order valence-corrected chi connectivity index (χ4v) is 3.07. The van der Waals surface area contributed by atoms with E-state index in [4.69, 9.17) is 9.47 Å². The van der Waals surface area contributed by atoms with Crippen LogP contribution in [0.15, 0.2) is 42.5 Å². The number of methoxy groups -OCH3 is 2. The van der Waals surface area contributed by atoms with Crippen molar-refractivity contribution >= 4 is 10.9 Å². The highest BCUT2D eigenvalue weighted by molar-refractivity contribution is 5.95. The molecule has 4 heteroatoms. The van der Waals surface area contributed by atoms with Crippen LogP contribution in [0.5, 0.6) is 11.5 Å². The first kappa shape index (κ1) is 15.9. The Morgan fingerprint density at radius 1 is 1.00 bits per heavy atom. The van der Waals surface area contributed by atoms with E-state index < -0.39 is 0 Å². The predicted molar refractivity (Wildman–Crippen MR) is 95.5 cm³/mol. The third-order valence-electron chi connectivity index (χ3n) is 4.19. The summed E-state index contributed by atoms with van der Waals surface area (Å²) in [7, 11) is 3.31. The Hall–Kier alpha value is -2.93. The van der Waals surface area contributed by atoms with Gasteiger partial charge < -0.3 is 14.0 Å². The summed E-state index contributed by atoms with van der Waals surface area (Å²) in [6.45, 7) is 2.97. The number of benzene rings is 2. The SMILES string of the molecule is CCCn1c(-c2ccc(OC)cc2)c(C#N)c2ccc(OC)cc21. The van der Waals surface area contributed by atoms with Crippen molar-refractivity contribution in [1.82, 2.24) is 4.57 Å². The highest BCUT2D eigenvalue weighted by Gasteiger charge is 2.18. The molecule has 0 aliphatic carbocycles. The second kappa shape index (κ2) is 6.67. The van der Waals surface area contributed by atoms with E-state index in [9.17, 15) is 5.26 Å². The first-order valence-corrected chi connectivity index (χ1v) is 7.98. The van der Waals surface area contributed by atoms with Gasteiger partial charge in [0.1, 0.15) is 17.6 Å². The fraction of sp³-hybridized carbons (Fsp3) is 0.250. The minimum atomic E-state index is 0.700. The van der Waals surface area contributed by atoms with E-state index in [1.54, 1.807) is 14.2 Å². The summed E-state index contributed by atoms with van der Waals surface area (Å²) in [4.78, 5) is 0. The maximum atomic E-state index is 9.77. The van der Waals surface area contributed by atoms with Crippen LogP contribution in [0.2, 0.25) is 0 Å². The smallest absolute Gasteiger partial charge is 0.120 e. The second-order valence-corrected chi connectivity index (χ2v) is 5.60. The van der Waals surface area contributed by atoms with Gasteiger partial charge in [0.25, 0.3) is 0 Å². The Labute approximate surface area is 141 Å². The lowest BCUT2D eigenvalue weighted by Gasteiger charge is -2.11. The lowest BCUT2D eigenvalue weighted by Crippen LogP contribution is -2.00. The zero-order valence-corrected chi connectivity index (χ0v) is 14.2. The molecule has 0 N–H and O–H groups in total. The Morgan fingerprint density at radius 2 is 1.67 bits per heavy atom. The minimum Gasteiger partial charge on any atom is -0.497 e. The average Bonchev–Trinajstić information content (AvgIpc) is 2.94. The van der Waals surface area contributed by atoms with Gasteiger partial charge in [-0.1, -0.05) is 6.92 Å². The summed E-state index contributed by atoms with van der Waals surface area (Å²) in [6, 6.07) is 16.1. The van der Waals surface area contributed by atoms with Crippen molar-refractivity contribution < 1.29 is 9.47 Å². The van der Waals surface area contributed by atoms with E-state index >= 15 is 0 Å². The number of hydrogen-bond donors (Lipinski definition) is 0. The van der Waals surface area contributed by atoms with Crippen molar-refractivity contribution in [3.63, 3.8) is 0 Å². The van der Waals surface area contributed by atoms with Crippen molar-refractivity contribution in [2.24, 2.45) is 0 Å². The van der Waals surface area contributed by atoms with Crippen molar-refractivity contribution in [3.8, 4) is 28.8 Å². The van der Waals surface area contributed by atoms with Gasteiger partial charge in [0.2, 0.25) is 0 Å². The summed E-state index contributed by atoms with van der Waals surface area (Å²) in [5.41, 5.74) is 3.69. The average molecular weight is 320 g/mol. The third-order valence-corrected chi connectivity index (χ3v) is 4.19. The Morgan fingerprint density at radius 3 is 2.25 bits per heavy atom. The van der Waals surface area contributed by atoms with Gasteiger partial charge in [0, 0.05) is 18.0 Å². The molecule has 0 saturated carbocycles. The van der Waals surface area contributed by atoms with Crippen LogP contribution in [0, 0.1) is 11.3 Å². The van der Waals surface area contributed by atoms with Crippen molar-refractivity contribution in [2.45, 2.75) is 19.9 Å². The molecule has 0 radical (unpaired) electrons. The summed E-state index contributed by atoms with van der Waals surface area (Å²) < 4.78 is 12.8. The molecule has 0 spiro atoms. The van der Waals surface area contributed by atoms with Gasteiger partial charge in [0.05, 0.1) is 31.0 Å². The standard InChI is InChI=1S/C20H20N2O2/c1-4-11-22-19-12-16(24-3)9-10-17(19)18(13-21)20(22)14-5-7-15(23-2)8-6-14/h5-10,12H,4,11H2,1-3H3. The molecule has 0 aliphatic rings. The molecule has 1 aromatic heterocycles. The molecule has 0 aliphatic heterocycles. The van der Waals surface area contributed by atoms with Crippen LogP contribution in [0.4, 0.5) is 0 Å². The van der Waals surface area contributed by atoms with Gasteiger partial charge in [-0.15, -0.1) is 0 Å². The summed E-state index contributed by atoms with van der Waals surface area (Å²) >= 11 is 0. The number of aromatic nitrogens is 1. The van der Waals surface area contributed by atoms with Gasteiger partial charge in [-0.2, -0.15) is 5.26 Å². The number of nitrogens with zero attached hydrogens (tertiary/aromatic N) is 2. The number of hydrogen-bond acceptors (Lipinski definition) is 3. The number of fused-ring (bicyclic) bond motifs is 1. The van der Waals surface area contributed by atoms with Gasteiger partial charge >= 0.3 is 0 Å². The Bertz CT molecular complexity index is 902. The monoisotopic (exact) mass is 320 g/mol. The first-order chi connectivity index (χ1) is 11.7. The molecular weight excluding hydrogens is 300 g/mol. The number of ether oxygens (including phenoxy) is 2. The molecule has 4 nitrogen and oxygen atoms in total. The molecule has 0 saturated heterocycles. The molecule has 0 amide bonds. The molecular formula is C20H20N2O2. The minimum absolute atomic E-state index is 0.700. The van der Waals surface area contributed by atoms with Crippen LogP contribution in [-0.4, -0.2) is 18.8 Å². The van der Waals surface area contributed by atoms with E-state index in [1.807, 2.05) is 42.5 Å². The Kier molecular flexibility index (Phi) is 4.43. The van der Waals surface area contributed by atoms with Crippen LogP contribution in [0.1, 0.15) is 18.9 Å². The molecule has 24 heavy (non-hydrogen) atoms. The van der Waals surface area contributed by atoms with E-state index in [0.717, 1.165) is 46.6 Å². The zero-order chi connectivity index (χ0) is 17.1. The summed E-state index contributed by atoms with van der Waals surface area (Å²) in [6.07, 6.45) is 0.981. The van der Waals surface area contributed by atoms with E-state index in [0.29, 0.717) is 5.56 Å². The topological polar surface area (TPSA) is 47.2 Å². The zero-order valence-electron chi connectivity index (χ0n) is 14.2. The molecule has 0 bridgehead atoms. The summed E-state index contributed by atoms with van der Waals surface area (Å²) in [5.74, 6) is 1.60. The van der Waals surface area contributed by atoms with Crippen LogP contribution in [0.3, 0.4) is 0 Å². The van der Waals surface area contributed by atoms with Gasteiger partial charge in [-0.3, -0.25) is 0 Å². The normalized spacial score (nSPS) is 10.6. The highest BCUT2D eigenvalue weighted by atomic mass is 16.5. The predicted octanol–water partition coefficient (Wildman–Crippen LogP) is 4.61. The van der Waals surface area contributed by atoms with Crippen molar-refractivity contribution in [3.05, 3.63) is 48.0 Å². The Balaban J connectivity index is 2.31. The molecule has 2 aromatic carbocycles. The third kappa shape index (κ3) is 2.59. The first-order valence-electron chi connectivity index (χ1n) is 7.98.